The van der Waals surface area contributed by atoms with Gasteiger partial charge in [0.1, 0.15) is 5.82 Å². The van der Waals surface area contributed by atoms with Crippen LogP contribution in [-0.4, -0.2) is 20.7 Å². The minimum atomic E-state index is -0.205. The van der Waals surface area contributed by atoms with Crippen LogP contribution in [0, 0.1) is 6.92 Å². The average Bonchev–Trinajstić information content (AvgIpc) is 3.29. The van der Waals surface area contributed by atoms with Crippen LogP contribution in [-0.2, 0) is 0 Å². The molecule has 134 valence electrons. The molecule has 5 nitrogen and oxygen atoms in total. The number of amides is 1. The number of benzene rings is 2. The number of carbonyl (C=O) groups excluding carboxylic acids is 1. The van der Waals surface area contributed by atoms with Crippen molar-refractivity contribution in [2.75, 3.05) is 5.32 Å². The molecule has 0 fully saturated rings. The van der Waals surface area contributed by atoms with Gasteiger partial charge in [-0.05, 0) is 35.0 Å². The predicted octanol–water partition coefficient (Wildman–Crippen LogP) is 5.32. The molecule has 0 atom stereocenters. The molecule has 27 heavy (non-hydrogen) atoms. The van der Waals surface area contributed by atoms with Crippen molar-refractivity contribution in [3.05, 3.63) is 81.8 Å². The fourth-order valence-electron chi connectivity index (χ4n) is 2.67. The van der Waals surface area contributed by atoms with Gasteiger partial charge in [-0.3, -0.25) is 4.79 Å². The molecule has 0 aliphatic rings. The molecule has 0 spiro atoms. The van der Waals surface area contributed by atoms with E-state index in [1.54, 1.807) is 10.7 Å². The molecule has 0 radical (unpaired) electrons. The maximum absolute atomic E-state index is 12.7. The minimum absolute atomic E-state index is 0.205. The lowest BCUT2D eigenvalue weighted by Gasteiger charge is -2.07. The van der Waals surface area contributed by atoms with Crippen molar-refractivity contribution in [3.8, 4) is 16.4 Å². The van der Waals surface area contributed by atoms with Gasteiger partial charge in [-0.15, -0.1) is 11.3 Å². The third-order valence-electron chi connectivity index (χ3n) is 3.93. The number of thiazole rings is 1. The van der Waals surface area contributed by atoms with Crippen molar-refractivity contribution >= 4 is 39.0 Å². The summed E-state index contributed by atoms with van der Waals surface area (Å²) in [6, 6.07) is 19.1. The molecule has 0 aliphatic carbocycles. The number of aryl methyl sites for hydroxylation is 1. The zero-order valence-electron chi connectivity index (χ0n) is 14.4. The lowest BCUT2D eigenvalue weighted by molar-refractivity contribution is 0.102. The van der Waals surface area contributed by atoms with Gasteiger partial charge in [0.15, 0.2) is 0 Å². The monoisotopic (exact) mass is 438 g/mol. The summed E-state index contributed by atoms with van der Waals surface area (Å²) >= 11 is 4.89. The molecule has 1 N–H and O–H groups in total. The Balaban J connectivity index is 1.65. The third kappa shape index (κ3) is 3.70. The molecular weight excluding hydrogens is 424 g/mol. The van der Waals surface area contributed by atoms with Gasteiger partial charge in [-0.1, -0.05) is 42.5 Å². The van der Waals surface area contributed by atoms with Gasteiger partial charge in [0.05, 0.1) is 17.0 Å². The number of rotatable bonds is 4. The Kier molecular flexibility index (Phi) is 4.87. The molecule has 1 amide bonds. The maximum atomic E-state index is 12.7. The molecular formula is C20H15BrN4OS. The van der Waals surface area contributed by atoms with E-state index < -0.39 is 0 Å². The SMILES string of the molecule is Cc1cc(NC(=O)c2ccccc2Br)n(-c2nc(-c3ccccc3)cs2)n1. The second-order valence-corrected chi connectivity index (χ2v) is 7.59. The summed E-state index contributed by atoms with van der Waals surface area (Å²) < 4.78 is 2.41. The molecule has 2 aromatic carbocycles. The van der Waals surface area contributed by atoms with Crippen molar-refractivity contribution in [3.63, 3.8) is 0 Å². The first kappa shape index (κ1) is 17.6. The number of carbonyl (C=O) groups is 1. The molecule has 2 aromatic heterocycles. The molecule has 7 heteroatoms. The van der Waals surface area contributed by atoms with Gasteiger partial charge in [-0.25, -0.2) is 4.98 Å². The number of halogens is 1. The number of hydrogen-bond donors (Lipinski definition) is 1. The van der Waals surface area contributed by atoms with Gasteiger partial charge in [0, 0.05) is 21.5 Å². The third-order valence-corrected chi connectivity index (χ3v) is 5.44. The Hall–Kier alpha value is -2.77. The highest BCUT2D eigenvalue weighted by atomic mass is 79.9. The number of nitrogens with zero attached hydrogens (tertiary/aromatic N) is 3. The molecule has 0 saturated carbocycles. The molecule has 2 heterocycles. The smallest absolute Gasteiger partial charge is 0.257 e. The number of anilines is 1. The van der Waals surface area contributed by atoms with Crippen LogP contribution in [0.25, 0.3) is 16.4 Å². The van der Waals surface area contributed by atoms with Crippen LogP contribution < -0.4 is 5.32 Å². The van der Waals surface area contributed by atoms with E-state index in [0.29, 0.717) is 16.5 Å². The van der Waals surface area contributed by atoms with Crippen molar-refractivity contribution in [1.82, 2.24) is 14.8 Å². The summed E-state index contributed by atoms with van der Waals surface area (Å²) in [6.45, 7) is 1.89. The van der Waals surface area contributed by atoms with E-state index in [1.165, 1.54) is 11.3 Å². The Labute approximate surface area is 168 Å². The Morgan fingerprint density at radius 1 is 1.11 bits per heavy atom. The molecule has 0 saturated heterocycles. The average molecular weight is 439 g/mol. The highest BCUT2D eigenvalue weighted by molar-refractivity contribution is 9.10. The van der Waals surface area contributed by atoms with E-state index in [1.807, 2.05) is 66.9 Å². The van der Waals surface area contributed by atoms with Crippen LogP contribution in [0.1, 0.15) is 16.1 Å². The summed E-state index contributed by atoms with van der Waals surface area (Å²) in [5.41, 5.74) is 3.29. The van der Waals surface area contributed by atoms with Crippen LogP contribution in [0.3, 0.4) is 0 Å². The molecule has 0 bridgehead atoms. The van der Waals surface area contributed by atoms with E-state index >= 15 is 0 Å². The van der Waals surface area contributed by atoms with Crippen LogP contribution in [0.5, 0.6) is 0 Å². The number of nitrogens with one attached hydrogen (secondary N) is 1. The lowest BCUT2D eigenvalue weighted by Crippen LogP contribution is -2.15. The summed E-state index contributed by atoms with van der Waals surface area (Å²) in [4.78, 5) is 17.3. The second kappa shape index (κ2) is 7.46. The van der Waals surface area contributed by atoms with E-state index in [4.69, 9.17) is 0 Å². The van der Waals surface area contributed by atoms with Gasteiger partial charge < -0.3 is 5.32 Å². The van der Waals surface area contributed by atoms with Crippen LogP contribution >= 0.6 is 27.3 Å². The fourth-order valence-corrected chi connectivity index (χ4v) is 3.93. The first-order valence-electron chi connectivity index (χ1n) is 8.26. The Morgan fingerprint density at radius 3 is 2.63 bits per heavy atom. The predicted molar refractivity (Wildman–Crippen MR) is 112 cm³/mol. The molecule has 4 rings (SSSR count). The van der Waals surface area contributed by atoms with E-state index in [9.17, 15) is 4.79 Å². The van der Waals surface area contributed by atoms with E-state index in [0.717, 1.165) is 21.4 Å². The standard InChI is InChI=1S/C20H15BrN4OS/c1-13-11-18(23-19(26)15-9-5-6-10-16(15)21)25(24-13)20-22-17(12-27-20)14-7-3-2-4-8-14/h2-12H,1H3,(H,23,26). The molecule has 0 unspecified atom stereocenters. The van der Waals surface area contributed by atoms with Crippen LogP contribution in [0.4, 0.5) is 5.82 Å². The summed E-state index contributed by atoms with van der Waals surface area (Å²) in [5.74, 6) is 0.380. The zero-order chi connectivity index (χ0) is 18.8. The first-order chi connectivity index (χ1) is 13.1. The zero-order valence-corrected chi connectivity index (χ0v) is 16.8. The quantitative estimate of drug-likeness (QED) is 0.468. The van der Waals surface area contributed by atoms with Crippen molar-refractivity contribution in [2.24, 2.45) is 0 Å². The Bertz CT molecular complexity index is 1100. The summed E-state index contributed by atoms with van der Waals surface area (Å²) in [7, 11) is 0. The number of aromatic nitrogens is 3. The lowest BCUT2D eigenvalue weighted by atomic mass is 10.2. The minimum Gasteiger partial charge on any atom is -0.306 e. The molecule has 4 aromatic rings. The van der Waals surface area contributed by atoms with Gasteiger partial charge >= 0.3 is 0 Å². The molecule has 0 aliphatic heterocycles. The highest BCUT2D eigenvalue weighted by Gasteiger charge is 2.16. The largest absolute Gasteiger partial charge is 0.306 e. The van der Waals surface area contributed by atoms with E-state index in [2.05, 4.69) is 31.3 Å². The topological polar surface area (TPSA) is 59.8 Å². The first-order valence-corrected chi connectivity index (χ1v) is 9.93. The normalized spacial score (nSPS) is 10.7. The van der Waals surface area contributed by atoms with Gasteiger partial charge in [0.25, 0.3) is 5.91 Å². The second-order valence-electron chi connectivity index (χ2n) is 5.90. The van der Waals surface area contributed by atoms with Crippen molar-refractivity contribution < 1.29 is 4.79 Å². The van der Waals surface area contributed by atoms with Crippen LogP contribution in [0.15, 0.2) is 70.5 Å². The summed E-state index contributed by atoms with van der Waals surface area (Å²) in [5, 5.41) is 10.1. The van der Waals surface area contributed by atoms with Crippen molar-refractivity contribution in [2.45, 2.75) is 6.92 Å². The Morgan fingerprint density at radius 2 is 1.85 bits per heavy atom. The summed E-state index contributed by atoms with van der Waals surface area (Å²) in [6.07, 6.45) is 0. The van der Waals surface area contributed by atoms with Crippen molar-refractivity contribution in [1.29, 1.82) is 0 Å². The highest BCUT2D eigenvalue weighted by Crippen LogP contribution is 2.27. The van der Waals surface area contributed by atoms with Gasteiger partial charge in [-0.2, -0.15) is 9.78 Å². The van der Waals surface area contributed by atoms with E-state index in [-0.39, 0.29) is 5.91 Å². The fraction of sp³-hybridized carbons (Fsp3) is 0.0500. The maximum Gasteiger partial charge on any atom is 0.257 e. The van der Waals surface area contributed by atoms with Gasteiger partial charge in [0.2, 0.25) is 5.13 Å². The van der Waals surface area contributed by atoms with Crippen LogP contribution in [0.2, 0.25) is 0 Å². The number of hydrogen-bond acceptors (Lipinski definition) is 4.